The van der Waals surface area contributed by atoms with Crippen molar-refractivity contribution in [3.05, 3.63) is 22.8 Å². The molecule has 0 radical (unpaired) electrons. The highest BCUT2D eigenvalue weighted by Gasteiger charge is 2.19. The molecule has 88 valence electrons. The molecule has 1 unspecified atom stereocenters. The van der Waals surface area contributed by atoms with E-state index in [-0.39, 0.29) is 0 Å². The van der Waals surface area contributed by atoms with E-state index in [1.165, 1.54) is 12.8 Å². The first kappa shape index (κ1) is 11.7. The van der Waals surface area contributed by atoms with Crippen molar-refractivity contribution in [1.82, 2.24) is 4.98 Å². The largest absolute Gasteiger partial charge is 0.355 e. The minimum atomic E-state index is 0.466. The van der Waals surface area contributed by atoms with Crippen molar-refractivity contribution >= 4 is 17.4 Å². The molecular weight excluding hydrogens is 222 g/mol. The number of rotatable bonds is 2. The number of halogens is 1. The molecule has 1 aliphatic heterocycles. The quantitative estimate of drug-likeness (QED) is 0.862. The van der Waals surface area contributed by atoms with E-state index in [2.05, 4.69) is 16.8 Å². The average molecular weight is 240 g/mol. The zero-order chi connectivity index (χ0) is 11.5. The van der Waals surface area contributed by atoms with Crippen molar-refractivity contribution in [1.29, 1.82) is 0 Å². The molecular formula is C12H18ClN3. The summed E-state index contributed by atoms with van der Waals surface area (Å²) in [7, 11) is 0. The van der Waals surface area contributed by atoms with Crippen LogP contribution in [0.3, 0.4) is 0 Å². The first-order valence-corrected chi connectivity index (χ1v) is 6.19. The van der Waals surface area contributed by atoms with Crippen LogP contribution in [-0.2, 0) is 6.54 Å². The number of aromatic nitrogens is 1. The Labute approximate surface area is 102 Å². The maximum Gasteiger partial charge on any atom is 0.147 e. The van der Waals surface area contributed by atoms with Gasteiger partial charge in [-0.1, -0.05) is 18.5 Å². The van der Waals surface area contributed by atoms with Crippen LogP contribution in [0.2, 0.25) is 5.02 Å². The van der Waals surface area contributed by atoms with Gasteiger partial charge in [0.15, 0.2) is 0 Å². The highest BCUT2D eigenvalue weighted by Crippen LogP contribution is 2.27. The lowest BCUT2D eigenvalue weighted by Crippen LogP contribution is -2.35. The van der Waals surface area contributed by atoms with Crippen molar-refractivity contribution in [2.24, 2.45) is 11.7 Å². The summed E-state index contributed by atoms with van der Waals surface area (Å²) >= 11 is 6.19. The zero-order valence-electron chi connectivity index (χ0n) is 9.62. The fourth-order valence-corrected chi connectivity index (χ4v) is 2.41. The molecule has 1 saturated heterocycles. The van der Waals surface area contributed by atoms with Crippen LogP contribution in [0.5, 0.6) is 0 Å². The van der Waals surface area contributed by atoms with E-state index in [1.54, 1.807) is 0 Å². The SMILES string of the molecule is CC1CCCN(c2nc(CN)ccc2Cl)C1. The van der Waals surface area contributed by atoms with Gasteiger partial charge in [0, 0.05) is 19.6 Å². The fourth-order valence-electron chi connectivity index (χ4n) is 2.19. The molecule has 3 nitrogen and oxygen atoms in total. The van der Waals surface area contributed by atoms with E-state index in [0.29, 0.717) is 12.5 Å². The molecule has 0 bridgehead atoms. The van der Waals surface area contributed by atoms with Crippen LogP contribution in [0.1, 0.15) is 25.5 Å². The topological polar surface area (TPSA) is 42.2 Å². The van der Waals surface area contributed by atoms with Crippen LogP contribution in [-0.4, -0.2) is 18.1 Å². The van der Waals surface area contributed by atoms with Crippen LogP contribution >= 0.6 is 11.6 Å². The van der Waals surface area contributed by atoms with Gasteiger partial charge in [-0.3, -0.25) is 0 Å². The van der Waals surface area contributed by atoms with Crippen molar-refractivity contribution in [3.63, 3.8) is 0 Å². The standard InChI is InChI=1S/C12H18ClN3/c1-9-3-2-6-16(8-9)12-11(13)5-4-10(7-14)15-12/h4-5,9H,2-3,6-8,14H2,1H3. The van der Waals surface area contributed by atoms with E-state index in [1.807, 2.05) is 12.1 Å². The van der Waals surface area contributed by atoms with E-state index >= 15 is 0 Å². The third-order valence-corrected chi connectivity index (χ3v) is 3.35. The first-order chi connectivity index (χ1) is 7.70. The Bertz CT molecular complexity index is 367. The maximum atomic E-state index is 6.19. The van der Waals surface area contributed by atoms with E-state index in [9.17, 15) is 0 Å². The molecule has 2 N–H and O–H groups in total. The Morgan fingerprint density at radius 2 is 2.38 bits per heavy atom. The monoisotopic (exact) mass is 239 g/mol. The van der Waals surface area contributed by atoms with Crippen molar-refractivity contribution < 1.29 is 0 Å². The Morgan fingerprint density at radius 1 is 1.56 bits per heavy atom. The van der Waals surface area contributed by atoms with Gasteiger partial charge in [0.25, 0.3) is 0 Å². The second-order valence-electron chi connectivity index (χ2n) is 4.51. The van der Waals surface area contributed by atoms with Gasteiger partial charge in [0.1, 0.15) is 5.82 Å². The first-order valence-electron chi connectivity index (χ1n) is 5.81. The van der Waals surface area contributed by atoms with Gasteiger partial charge >= 0.3 is 0 Å². The van der Waals surface area contributed by atoms with Crippen LogP contribution in [0, 0.1) is 5.92 Å². The smallest absolute Gasteiger partial charge is 0.147 e. The van der Waals surface area contributed by atoms with E-state index in [0.717, 1.165) is 29.6 Å². The maximum absolute atomic E-state index is 6.19. The minimum Gasteiger partial charge on any atom is -0.355 e. The summed E-state index contributed by atoms with van der Waals surface area (Å²) in [5.41, 5.74) is 6.50. The van der Waals surface area contributed by atoms with Crippen LogP contribution < -0.4 is 10.6 Å². The second kappa shape index (κ2) is 5.02. The number of hydrogen-bond acceptors (Lipinski definition) is 3. The molecule has 2 rings (SSSR count). The number of nitrogens with zero attached hydrogens (tertiary/aromatic N) is 2. The van der Waals surface area contributed by atoms with Crippen LogP contribution in [0.4, 0.5) is 5.82 Å². The molecule has 1 aromatic heterocycles. The summed E-state index contributed by atoms with van der Waals surface area (Å²) in [6, 6.07) is 3.78. The summed E-state index contributed by atoms with van der Waals surface area (Å²) in [5, 5.41) is 0.728. The normalized spacial score (nSPS) is 21.2. The van der Waals surface area contributed by atoms with Crippen LogP contribution in [0.25, 0.3) is 0 Å². The van der Waals surface area contributed by atoms with Crippen LogP contribution in [0.15, 0.2) is 12.1 Å². The number of nitrogens with two attached hydrogens (primary N) is 1. The molecule has 0 amide bonds. The van der Waals surface area contributed by atoms with Gasteiger partial charge in [-0.05, 0) is 30.9 Å². The third-order valence-electron chi connectivity index (χ3n) is 3.05. The lowest BCUT2D eigenvalue weighted by Gasteiger charge is -2.32. The van der Waals surface area contributed by atoms with E-state index < -0.39 is 0 Å². The van der Waals surface area contributed by atoms with Gasteiger partial charge in [0.2, 0.25) is 0 Å². The van der Waals surface area contributed by atoms with Gasteiger partial charge in [-0.25, -0.2) is 4.98 Å². The van der Waals surface area contributed by atoms with Crippen molar-refractivity contribution in [3.8, 4) is 0 Å². The number of hydrogen-bond donors (Lipinski definition) is 1. The van der Waals surface area contributed by atoms with Gasteiger partial charge in [0.05, 0.1) is 10.7 Å². The molecule has 16 heavy (non-hydrogen) atoms. The molecule has 1 atom stereocenters. The Balaban J connectivity index is 2.24. The molecule has 1 aliphatic rings. The average Bonchev–Trinajstić information content (AvgIpc) is 2.30. The summed E-state index contributed by atoms with van der Waals surface area (Å²) in [4.78, 5) is 6.79. The van der Waals surface area contributed by atoms with Crippen molar-refractivity contribution in [2.45, 2.75) is 26.3 Å². The lowest BCUT2D eigenvalue weighted by molar-refractivity contribution is 0.444. The Kier molecular flexibility index (Phi) is 3.66. The van der Waals surface area contributed by atoms with Gasteiger partial charge in [-0.2, -0.15) is 0 Å². The summed E-state index contributed by atoms with van der Waals surface area (Å²) in [5.74, 6) is 1.62. The molecule has 4 heteroatoms. The predicted molar refractivity (Wildman–Crippen MR) is 67.7 cm³/mol. The molecule has 0 aliphatic carbocycles. The zero-order valence-corrected chi connectivity index (χ0v) is 10.4. The molecule has 1 fully saturated rings. The molecule has 0 aromatic carbocycles. The number of pyridine rings is 1. The summed E-state index contributed by atoms with van der Waals surface area (Å²) < 4.78 is 0. The minimum absolute atomic E-state index is 0.466. The number of anilines is 1. The van der Waals surface area contributed by atoms with Crippen molar-refractivity contribution in [2.75, 3.05) is 18.0 Å². The molecule has 1 aromatic rings. The van der Waals surface area contributed by atoms with Gasteiger partial charge < -0.3 is 10.6 Å². The fraction of sp³-hybridized carbons (Fsp3) is 0.583. The summed E-state index contributed by atoms with van der Waals surface area (Å²) in [6.45, 7) is 4.83. The number of piperidine rings is 1. The predicted octanol–water partition coefficient (Wildman–Crippen LogP) is 2.43. The van der Waals surface area contributed by atoms with E-state index in [4.69, 9.17) is 17.3 Å². The highest BCUT2D eigenvalue weighted by atomic mass is 35.5. The second-order valence-corrected chi connectivity index (χ2v) is 4.91. The third kappa shape index (κ3) is 2.47. The Morgan fingerprint density at radius 3 is 3.06 bits per heavy atom. The highest BCUT2D eigenvalue weighted by molar-refractivity contribution is 6.32. The summed E-state index contributed by atoms with van der Waals surface area (Å²) in [6.07, 6.45) is 2.51. The molecule has 2 heterocycles. The molecule has 0 spiro atoms. The molecule has 0 saturated carbocycles. The Hall–Kier alpha value is -0.800. The van der Waals surface area contributed by atoms with Gasteiger partial charge in [-0.15, -0.1) is 0 Å². The lowest BCUT2D eigenvalue weighted by atomic mass is 10.0.